The van der Waals surface area contributed by atoms with Crippen molar-refractivity contribution in [2.45, 2.75) is 12.6 Å². The Hall–Kier alpha value is -0.760. The topological polar surface area (TPSA) is 70.5 Å². The Morgan fingerprint density at radius 2 is 2.31 bits per heavy atom. The molecule has 1 heterocycles. The molecule has 1 atom stereocenters. The van der Waals surface area contributed by atoms with Gasteiger partial charge in [0.2, 0.25) is 5.13 Å². The van der Waals surface area contributed by atoms with E-state index in [1.807, 2.05) is 19.0 Å². The van der Waals surface area contributed by atoms with Gasteiger partial charge in [0.1, 0.15) is 5.01 Å². The van der Waals surface area contributed by atoms with Gasteiger partial charge < -0.3 is 15.2 Å². The minimum Gasteiger partial charge on any atom is -0.389 e. The second-order valence-corrected chi connectivity index (χ2v) is 4.62. The van der Waals surface area contributed by atoms with Crippen molar-refractivity contribution in [3.63, 3.8) is 0 Å². The van der Waals surface area contributed by atoms with Crippen LogP contribution >= 0.6 is 11.3 Å². The number of rotatable bonds is 7. The Balaban J connectivity index is 2.35. The molecule has 0 fully saturated rings. The number of ether oxygens (including phenoxy) is 1. The maximum absolute atomic E-state index is 9.54. The number of methoxy groups -OCH3 is 1. The molecule has 0 radical (unpaired) electrons. The van der Waals surface area contributed by atoms with Crippen LogP contribution in [-0.2, 0) is 11.3 Å². The fourth-order valence-corrected chi connectivity index (χ4v) is 2.09. The van der Waals surface area contributed by atoms with Gasteiger partial charge in [-0.15, -0.1) is 10.2 Å². The number of aliphatic hydroxyl groups excluding tert-OH is 1. The first-order valence-electron chi connectivity index (χ1n) is 5.01. The largest absolute Gasteiger partial charge is 0.389 e. The molecule has 2 N–H and O–H groups in total. The van der Waals surface area contributed by atoms with Gasteiger partial charge in [-0.25, -0.2) is 0 Å². The van der Waals surface area contributed by atoms with Gasteiger partial charge in [0.05, 0.1) is 19.3 Å². The van der Waals surface area contributed by atoms with E-state index in [9.17, 15) is 5.11 Å². The van der Waals surface area contributed by atoms with Gasteiger partial charge in [0.15, 0.2) is 0 Å². The summed E-state index contributed by atoms with van der Waals surface area (Å²) < 4.78 is 4.86. The molecule has 0 amide bonds. The van der Waals surface area contributed by atoms with Crippen molar-refractivity contribution in [3.05, 3.63) is 5.01 Å². The van der Waals surface area contributed by atoms with Crippen LogP contribution in [0.15, 0.2) is 0 Å². The summed E-state index contributed by atoms with van der Waals surface area (Å²) in [6.07, 6.45) is -0.466. The summed E-state index contributed by atoms with van der Waals surface area (Å²) in [7, 11) is 5.32. The molecule has 0 saturated carbocycles. The smallest absolute Gasteiger partial charge is 0.205 e. The third kappa shape index (κ3) is 4.40. The Bertz CT molecular complexity index is 307. The molecule has 6 nitrogen and oxygen atoms in total. The average molecular weight is 246 g/mol. The third-order valence-electron chi connectivity index (χ3n) is 1.97. The summed E-state index contributed by atoms with van der Waals surface area (Å²) in [5.41, 5.74) is 0. The van der Waals surface area contributed by atoms with Crippen LogP contribution in [0.4, 0.5) is 5.13 Å². The SMILES string of the molecule is CNc1nnc(CN(C)CC(O)COC)s1. The predicted octanol–water partition coefficient (Wildman–Crippen LogP) is 0.0189. The molecule has 1 aromatic heterocycles. The summed E-state index contributed by atoms with van der Waals surface area (Å²) in [6, 6.07) is 0. The van der Waals surface area contributed by atoms with E-state index < -0.39 is 6.10 Å². The van der Waals surface area contributed by atoms with Gasteiger partial charge >= 0.3 is 0 Å². The number of aliphatic hydroxyl groups is 1. The fourth-order valence-electron chi connectivity index (χ4n) is 1.32. The Morgan fingerprint density at radius 3 is 2.88 bits per heavy atom. The molecule has 7 heteroatoms. The van der Waals surface area contributed by atoms with Crippen molar-refractivity contribution >= 4 is 16.5 Å². The van der Waals surface area contributed by atoms with Crippen molar-refractivity contribution < 1.29 is 9.84 Å². The molecule has 0 spiro atoms. The molecular weight excluding hydrogens is 228 g/mol. The maximum Gasteiger partial charge on any atom is 0.205 e. The molecule has 1 rings (SSSR count). The lowest BCUT2D eigenvalue weighted by Gasteiger charge is -2.18. The van der Waals surface area contributed by atoms with E-state index in [1.54, 1.807) is 7.11 Å². The van der Waals surface area contributed by atoms with E-state index in [2.05, 4.69) is 15.5 Å². The molecule has 0 aromatic carbocycles. The molecular formula is C9H18N4O2S. The van der Waals surface area contributed by atoms with E-state index in [0.717, 1.165) is 10.1 Å². The van der Waals surface area contributed by atoms with E-state index in [4.69, 9.17) is 4.74 Å². The maximum atomic E-state index is 9.54. The van der Waals surface area contributed by atoms with Crippen molar-refractivity contribution in [3.8, 4) is 0 Å². The zero-order valence-electron chi connectivity index (χ0n) is 9.80. The number of aromatic nitrogens is 2. The standard InChI is InChI=1S/C9H18N4O2S/c1-10-9-12-11-8(16-9)5-13(2)4-7(14)6-15-3/h7,14H,4-6H2,1-3H3,(H,10,12). The summed E-state index contributed by atoms with van der Waals surface area (Å²) in [6.45, 7) is 1.59. The summed E-state index contributed by atoms with van der Waals surface area (Å²) in [5.74, 6) is 0. The third-order valence-corrected chi connectivity index (χ3v) is 2.89. The van der Waals surface area contributed by atoms with Crippen molar-refractivity contribution in [1.82, 2.24) is 15.1 Å². The van der Waals surface area contributed by atoms with E-state index in [1.165, 1.54) is 11.3 Å². The zero-order valence-corrected chi connectivity index (χ0v) is 10.6. The van der Waals surface area contributed by atoms with Crippen molar-refractivity contribution in [2.75, 3.05) is 39.7 Å². The van der Waals surface area contributed by atoms with Crippen LogP contribution in [0.3, 0.4) is 0 Å². The highest BCUT2D eigenvalue weighted by Crippen LogP contribution is 2.15. The summed E-state index contributed by atoms with van der Waals surface area (Å²) in [5, 5.41) is 22.2. The normalized spacial score (nSPS) is 13.1. The molecule has 1 aromatic rings. The van der Waals surface area contributed by atoms with Crippen LogP contribution in [0.1, 0.15) is 5.01 Å². The van der Waals surface area contributed by atoms with Gasteiger partial charge in [-0.3, -0.25) is 4.90 Å². The predicted molar refractivity (Wildman–Crippen MR) is 63.7 cm³/mol. The van der Waals surface area contributed by atoms with Crippen LogP contribution in [-0.4, -0.2) is 60.7 Å². The monoisotopic (exact) mass is 246 g/mol. The lowest BCUT2D eigenvalue weighted by atomic mass is 10.3. The zero-order chi connectivity index (χ0) is 12.0. The average Bonchev–Trinajstić information content (AvgIpc) is 2.65. The lowest BCUT2D eigenvalue weighted by molar-refractivity contribution is 0.0418. The molecule has 92 valence electrons. The highest BCUT2D eigenvalue weighted by atomic mass is 32.1. The molecule has 0 aliphatic rings. The number of nitrogens with zero attached hydrogens (tertiary/aromatic N) is 3. The second-order valence-electron chi connectivity index (χ2n) is 3.56. The second kappa shape index (κ2) is 6.74. The van der Waals surface area contributed by atoms with Gasteiger partial charge in [0.25, 0.3) is 0 Å². The summed E-state index contributed by atoms with van der Waals surface area (Å²) in [4.78, 5) is 1.99. The highest BCUT2D eigenvalue weighted by Gasteiger charge is 2.10. The highest BCUT2D eigenvalue weighted by molar-refractivity contribution is 7.15. The first kappa shape index (κ1) is 13.3. The van der Waals surface area contributed by atoms with Gasteiger partial charge in [-0.05, 0) is 7.05 Å². The van der Waals surface area contributed by atoms with Crippen LogP contribution in [0.2, 0.25) is 0 Å². The van der Waals surface area contributed by atoms with Crippen LogP contribution in [0, 0.1) is 0 Å². The van der Waals surface area contributed by atoms with E-state index in [-0.39, 0.29) is 0 Å². The fraction of sp³-hybridized carbons (Fsp3) is 0.778. The Kier molecular flexibility index (Phi) is 5.61. The lowest BCUT2D eigenvalue weighted by Crippen LogP contribution is -2.31. The molecule has 0 bridgehead atoms. The van der Waals surface area contributed by atoms with Gasteiger partial charge in [-0.2, -0.15) is 0 Å². The number of anilines is 1. The first-order chi connectivity index (χ1) is 7.65. The minimum atomic E-state index is -0.466. The van der Waals surface area contributed by atoms with Crippen molar-refractivity contribution in [2.24, 2.45) is 0 Å². The Labute approximate surface area is 99.3 Å². The summed E-state index contributed by atoms with van der Waals surface area (Å²) >= 11 is 1.51. The molecule has 0 saturated heterocycles. The Morgan fingerprint density at radius 1 is 1.56 bits per heavy atom. The van der Waals surface area contributed by atoms with Gasteiger partial charge in [-0.1, -0.05) is 11.3 Å². The van der Waals surface area contributed by atoms with Crippen molar-refractivity contribution in [1.29, 1.82) is 0 Å². The first-order valence-corrected chi connectivity index (χ1v) is 5.83. The van der Waals surface area contributed by atoms with Crippen LogP contribution in [0.25, 0.3) is 0 Å². The number of hydrogen-bond donors (Lipinski definition) is 2. The van der Waals surface area contributed by atoms with E-state index in [0.29, 0.717) is 19.7 Å². The van der Waals surface area contributed by atoms with Gasteiger partial charge in [0, 0.05) is 20.7 Å². The molecule has 0 aliphatic carbocycles. The number of hydrogen-bond acceptors (Lipinski definition) is 7. The van der Waals surface area contributed by atoms with Crippen LogP contribution in [0.5, 0.6) is 0 Å². The number of likely N-dealkylation sites (N-methyl/N-ethyl adjacent to an activating group) is 1. The molecule has 16 heavy (non-hydrogen) atoms. The molecule has 1 unspecified atom stereocenters. The van der Waals surface area contributed by atoms with Crippen LogP contribution < -0.4 is 5.32 Å². The minimum absolute atomic E-state index is 0.349. The quantitative estimate of drug-likeness (QED) is 0.707. The number of nitrogens with one attached hydrogen (secondary N) is 1. The van der Waals surface area contributed by atoms with E-state index >= 15 is 0 Å². The molecule has 0 aliphatic heterocycles.